The minimum absolute atomic E-state index is 0.243. The minimum Gasteiger partial charge on any atom is -0.495 e. The molecule has 0 fully saturated rings. The van der Waals surface area contributed by atoms with Gasteiger partial charge in [-0.1, -0.05) is 11.6 Å². The lowest BCUT2D eigenvalue weighted by atomic mass is 10.3. The lowest BCUT2D eigenvalue weighted by molar-refractivity contribution is -0.116. The third-order valence-corrected chi connectivity index (χ3v) is 4.23. The van der Waals surface area contributed by atoms with Gasteiger partial charge in [-0.15, -0.1) is 0 Å². The SMILES string of the molecule is COc1ccc(NC(=O)Cn2c(=O)c3c(ncn3C)n(C)c2=O)cc1Cl. The number of imidazole rings is 1. The number of nitrogens with one attached hydrogen (secondary N) is 1. The van der Waals surface area contributed by atoms with Gasteiger partial charge in [0.05, 0.1) is 18.5 Å². The summed E-state index contributed by atoms with van der Waals surface area (Å²) in [6.07, 6.45) is 1.44. The van der Waals surface area contributed by atoms with E-state index in [0.717, 1.165) is 4.57 Å². The molecule has 1 N–H and O–H groups in total. The molecule has 10 heteroatoms. The number of hydrogen-bond donors (Lipinski definition) is 1. The molecular weight excluding hydrogens is 362 g/mol. The Hall–Kier alpha value is -3.07. The second kappa shape index (κ2) is 6.68. The molecule has 9 nitrogen and oxygen atoms in total. The van der Waals surface area contributed by atoms with Gasteiger partial charge in [0.2, 0.25) is 5.91 Å². The number of carbonyl (C=O) groups is 1. The van der Waals surface area contributed by atoms with Crippen LogP contribution in [-0.4, -0.2) is 31.7 Å². The summed E-state index contributed by atoms with van der Waals surface area (Å²) >= 11 is 6.02. The summed E-state index contributed by atoms with van der Waals surface area (Å²) in [5.74, 6) is -0.0663. The van der Waals surface area contributed by atoms with E-state index in [9.17, 15) is 14.4 Å². The van der Waals surface area contributed by atoms with Gasteiger partial charge in [0.25, 0.3) is 5.56 Å². The molecule has 2 heterocycles. The maximum Gasteiger partial charge on any atom is 0.332 e. The molecule has 1 amide bonds. The molecule has 2 aromatic heterocycles. The number of anilines is 1. The van der Waals surface area contributed by atoms with E-state index in [1.165, 1.54) is 35.7 Å². The van der Waals surface area contributed by atoms with Crippen LogP contribution >= 0.6 is 11.6 Å². The molecule has 1 aromatic carbocycles. The molecule has 3 aromatic rings. The van der Waals surface area contributed by atoms with Crippen LogP contribution in [0.15, 0.2) is 34.1 Å². The lowest BCUT2D eigenvalue weighted by Gasteiger charge is -2.10. The molecule has 0 saturated carbocycles. The van der Waals surface area contributed by atoms with E-state index in [1.807, 2.05) is 0 Å². The van der Waals surface area contributed by atoms with Crippen molar-refractivity contribution in [2.45, 2.75) is 6.54 Å². The third kappa shape index (κ3) is 2.97. The molecule has 0 aliphatic carbocycles. The number of amides is 1. The molecule has 0 radical (unpaired) electrons. The zero-order valence-electron chi connectivity index (χ0n) is 14.3. The summed E-state index contributed by atoms with van der Waals surface area (Å²) in [6, 6.07) is 4.72. The normalized spacial score (nSPS) is 10.9. The Morgan fingerprint density at radius 3 is 2.69 bits per heavy atom. The average Bonchev–Trinajstić information content (AvgIpc) is 2.99. The fourth-order valence-electron chi connectivity index (χ4n) is 2.62. The summed E-state index contributed by atoms with van der Waals surface area (Å²) in [5, 5.41) is 2.93. The molecule has 0 atom stereocenters. The number of methoxy groups -OCH3 is 1. The van der Waals surface area contributed by atoms with Crippen molar-refractivity contribution in [2.24, 2.45) is 14.1 Å². The number of aromatic nitrogens is 4. The summed E-state index contributed by atoms with van der Waals surface area (Å²) < 4.78 is 8.65. The van der Waals surface area contributed by atoms with Crippen LogP contribution in [0.2, 0.25) is 5.02 Å². The van der Waals surface area contributed by atoms with Gasteiger partial charge in [0, 0.05) is 19.8 Å². The number of halogens is 1. The Morgan fingerprint density at radius 2 is 2.04 bits per heavy atom. The van der Waals surface area contributed by atoms with Crippen molar-refractivity contribution < 1.29 is 9.53 Å². The fourth-order valence-corrected chi connectivity index (χ4v) is 2.88. The summed E-state index contributed by atoms with van der Waals surface area (Å²) in [5.41, 5.74) is -0.268. The number of hydrogen-bond acceptors (Lipinski definition) is 5. The van der Waals surface area contributed by atoms with Gasteiger partial charge in [0.15, 0.2) is 11.2 Å². The Bertz CT molecular complexity index is 1130. The van der Waals surface area contributed by atoms with Gasteiger partial charge in [0.1, 0.15) is 12.3 Å². The average molecular weight is 378 g/mol. The number of aryl methyl sites for hydroxylation is 2. The van der Waals surface area contributed by atoms with Crippen LogP contribution in [0.1, 0.15) is 0 Å². The predicted octanol–water partition coefficient (Wildman–Crippen LogP) is 0.734. The van der Waals surface area contributed by atoms with Gasteiger partial charge in [-0.25, -0.2) is 14.3 Å². The van der Waals surface area contributed by atoms with Gasteiger partial charge in [-0.05, 0) is 18.2 Å². The maximum absolute atomic E-state index is 12.6. The van der Waals surface area contributed by atoms with E-state index in [4.69, 9.17) is 16.3 Å². The molecule has 0 aliphatic rings. The Morgan fingerprint density at radius 1 is 1.31 bits per heavy atom. The molecule has 0 unspecified atom stereocenters. The Kier molecular flexibility index (Phi) is 4.56. The number of carbonyl (C=O) groups excluding carboxylic acids is 1. The van der Waals surface area contributed by atoms with Crippen LogP contribution in [0.5, 0.6) is 5.75 Å². The first-order valence-electron chi connectivity index (χ1n) is 7.57. The highest BCUT2D eigenvalue weighted by Crippen LogP contribution is 2.27. The highest BCUT2D eigenvalue weighted by atomic mass is 35.5. The first-order chi connectivity index (χ1) is 12.3. The highest BCUT2D eigenvalue weighted by Gasteiger charge is 2.17. The molecule has 0 bridgehead atoms. The number of rotatable bonds is 4. The van der Waals surface area contributed by atoms with Gasteiger partial charge >= 0.3 is 5.69 Å². The van der Waals surface area contributed by atoms with Crippen molar-refractivity contribution in [1.82, 2.24) is 18.7 Å². The zero-order valence-corrected chi connectivity index (χ0v) is 15.1. The van der Waals surface area contributed by atoms with Crippen molar-refractivity contribution in [2.75, 3.05) is 12.4 Å². The largest absolute Gasteiger partial charge is 0.495 e. The topological polar surface area (TPSA) is 100 Å². The van der Waals surface area contributed by atoms with Crippen molar-refractivity contribution in [1.29, 1.82) is 0 Å². The number of benzene rings is 1. The third-order valence-electron chi connectivity index (χ3n) is 3.94. The number of ether oxygens (including phenoxy) is 1. The summed E-state index contributed by atoms with van der Waals surface area (Å²) in [6.45, 7) is -0.434. The highest BCUT2D eigenvalue weighted by molar-refractivity contribution is 6.32. The Balaban J connectivity index is 1.93. The van der Waals surface area contributed by atoms with E-state index >= 15 is 0 Å². The predicted molar refractivity (Wildman–Crippen MR) is 96.8 cm³/mol. The van der Waals surface area contributed by atoms with E-state index < -0.39 is 23.7 Å². The Labute approximate surface area is 152 Å². The van der Waals surface area contributed by atoms with Crippen LogP contribution in [0.3, 0.4) is 0 Å². The van der Waals surface area contributed by atoms with Crippen molar-refractivity contribution in [3.63, 3.8) is 0 Å². The standard InChI is InChI=1S/C16H16ClN5O4/c1-20-8-18-14-13(20)15(24)22(16(25)21(14)2)7-12(23)19-9-4-5-11(26-3)10(17)6-9/h4-6,8H,7H2,1-3H3,(H,19,23). The van der Waals surface area contributed by atoms with Crippen LogP contribution in [0.25, 0.3) is 11.2 Å². The molecule has 136 valence electrons. The first-order valence-corrected chi connectivity index (χ1v) is 7.95. The molecule has 26 heavy (non-hydrogen) atoms. The van der Waals surface area contributed by atoms with Crippen LogP contribution in [0.4, 0.5) is 5.69 Å². The second-order valence-electron chi connectivity index (χ2n) is 5.66. The summed E-state index contributed by atoms with van der Waals surface area (Å²) in [4.78, 5) is 41.3. The molecule has 0 spiro atoms. The van der Waals surface area contributed by atoms with E-state index in [0.29, 0.717) is 16.5 Å². The molecule has 3 rings (SSSR count). The summed E-state index contributed by atoms with van der Waals surface area (Å²) in [7, 11) is 4.62. The second-order valence-corrected chi connectivity index (χ2v) is 6.07. The van der Waals surface area contributed by atoms with Crippen molar-refractivity contribution >= 4 is 34.4 Å². The smallest absolute Gasteiger partial charge is 0.332 e. The van der Waals surface area contributed by atoms with Crippen molar-refractivity contribution in [3.05, 3.63) is 50.4 Å². The van der Waals surface area contributed by atoms with Crippen LogP contribution < -0.4 is 21.3 Å². The van der Waals surface area contributed by atoms with E-state index in [2.05, 4.69) is 10.3 Å². The fraction of sp³-hybridized carbons (Fsp3) is 0.250. The van der Waals surface area contributed by atoms with Crippen LogP contribution in [0, 0.1) is 0 Å². The zero-order chi connectivity index (χ0) is 19.0. The van der Waals surface area contributed by atoms with Gasteiger partial charge in [-0.3, -0.25) is 14.2 Å². The molecular formula is C16H16ClN5O4. The number of nitrogens with zero attached hydrogens (tertiary/aromatic N) is 4. The van der Waals surface area contributed by atoms with E-state index in [1.54, 1.807) is 19.2 Å². The molecule has 0 saturated heterocycles. The van der Waals surface area contributed by atoms with Gasteiger partial charge < -0.3 is 14.6 Å². The quantitative estimate of drug-likeness (QED) is 0.722. The number of fused-ring (bicyclic) bond motifs is 1. The maximum atomic E-state index is 12.6. The monoisotopic (exact) mass is 377 g/mol. The first kappa shape index (κ1) is 17.7. The molecule has 0 aliphatic heterocycles. The van der Waals surface area contributed by atoms with Gasteiger partial charge in [-0.2, -0.15) is 0 Å². The minimum atomic E-state index is -0.621. The van der Waals surface area contributed by atoms with Crippen LogP contribution in [-0.2, 0) is 25.4 Å². The van der Waals surface area contributed by atoms with Crippen molar-refractivity contribution in [3.8, 4) is 5.75 Å². The lowest BCUT2D eigenvalue weighted by Crippen LogP contribution is -2.42. The van der Waals surface area contributed by atoms with E-state index in [-0.39, 0.29) is 11.2 Å².